The van der Waals surface area contributed by atoms with Gasteiger partial charge in [0.15, 0.2) is 0 Å². The van der Waals surface area contributed by atoms with Crippen LogP contribution >= 0.6 is 0 Å². The molecule has 1 aliphatic carbocycles. The van der Waals surface area contributed by atoms with E-state index in [4.69, 9.17) is 0 Å². The Morgan fingerprint density at radius 3 is 2.94 bits per heavy atom. The monoisotopic (exact) mass is 232 g/mol. The van der Waals surface area contributed by atoms with E-state index in [1.54, 1.807) is 24.5 Å². The maximum atomic E-state index is 11.7. The zero-order chi connectivity index (χ0) is 11.9. The number of hydrogen-bond acceptors (Lipinski definition) is 2. The van der Waals surface area contributed by atoms with Crippen molar-refractivity contribution in [2.24, 2.45) is 5.92 Å². The summed E-state index contributed by atoms with van der Waals surface area (Å²) in [4.78, 5) is 15.6. The normalized spacial score (nSPS) is 16.0. The zero-order valence-corrected chi connectivity index (χ0v) is 10.2. The van der Waals surface area contributed by atoms with Crippen molar-refractivity contribution in [3.8, 4) is 0 Å². The van der Waals surface area contributed by atoms with Crippen molar-refractivity contribution in [3.63, 3.8) is 0 Å². The maximum absolute atomic E-state index is 11.7. The van der Waals surface area contributed by atoms with Crippen LogP contribution in [0, 0.1) is 5.92 Å². The molecule has 0 aliphatic heterocycles. The largest absolute Gasteiger partial charge is 0.352 e. The lowest BCUT2D eigenvalue weighted by Gasteiger charge is -2.09. The van der Waals surface area contributed by atoms with Crippen LogP contribution in [0.5, 0.6) is 0 Å². The zero-order valence-electron chi connectivity index (χ0n) is 10.2. The van der Waals surface area contributed by atoms with Gasteiger partial charge in [-0.25, -0.2) is 0 Å². The number of hydrogen-bond donors (Lipinski definition) is 1. The van der Waals surface area contributed by atoms with Crippen LogP contribution in [0.3, 0.4) is 0 Å². The summed E-state index contributed by atoms with van der Waals surface area (Å²) in [6.07, 6.45) is 11.2. The smallest absolute Gasteiger partial charge is 0.252 e. The van der Waals surface area contributed by atoms with Gasteiger partial charge in [-0.3, -0.25) is 9.78 Å². The second-order valence-electron chi connectivity index (χ2n) is 4.79. The van der Waals surface area contributed by atoms with Crippen LogP contribution < -0.4 is 5.32 Å². The molecule has 0 unspecified atom stereocenters. The van der Waals surface area contributed by atoms with Crippen LogP contribution in [0.25, 0.3) is 0 Å². The molecule has 1 amide bonds. The molecular weight excluding hydrogens is 212 g/mol. The summed E-state index contributed by atoms with van der Waals surface area (Å²) in [6, 6.07) is 3.58. The van der Waals surface area contributed by atoms with E-state index in [-0.39, 0.29) is 5.91 Å². The van der Waals surface area contributed by atoms with E-state index in [0.717, 1.165) is 18.9 Å². The molecular formula is C14H20N2O. The van der Waals surface area contributed by atoms with Crippen molar-refractivity contribution < 1.29 is 4.79 Å². The van der Waals surface area contributed by atoms with Crippen LogP contribution in [-0.2, 0) is 0 Å². The lowest BCUT2D eigenvalue weighted by Crippen LogP contribution is -2.24. The third kappa shape index (κ3) is 3.84. The minimum atomic E-state index is -0.00970. The average Bonchev–Trinajstić information content (AvgIpc) is 2.88. The fourth-order valence-corrected chi connectivity index (χ4v) is 2.49. The molecule has 1 aromatic rings. The van der Waals surface area contributed by atoms with E-state index in [9.17, 15) is 4.79 Å². The highest BCUT2D eigenvalue weighted by atomic mass is 16.1. The number of rotatable bonds is 5. The first-order chi connectivity index (χ1) is 8.36. The Kier molecular flexibility index (Phi) is 4.54. The second kappa shape index (κ2) is 6.38. The van der Waals surface area contributed by atoms with E-state index in [2.05, 4.69) is 10.3 Å². The summed E-state index contributed by atoms with van der Waals surface area (Å²) >= 11 is 0. The first-order valence-corrected chi connectivity index (χ1v) is 6.54. The molecule has 1 aliphatic rings. The van der Waals surface area contributed by atoms with Gasteiger partial charge in [0.05, 0.1) is 5.56 Å². The summed E-state index contributed by atoms with van der Waals surface area (Å²) in [7, 11) is 0. The maximum Gasteiger partial charge on any atom is 0.252 e. The Morgan fingerprint density at radius 1 is 1.41 bits per heavy atom. The Labute approximate surface area is 103 Å². The van der Waals surface area contributed by atoms with Crippen molar-refractivity contribution in [1.29, 1.82) is 0 Å². The first-order valence-electron chi connectivity index (χ1n) is 6.54. The molecule has 17 heavy (non-hydrogen) atoms. The van der Waals surface area contributed by atoms with E-state index in [0.29, 0.717) is 5.56 Å². The number of aromatic nitrogens is 1. The summed E-state index contributed by atoms with van der Waals surface area (Å²) < 4.78 is 0. The van der Waals surface area contributed by atoms with Gasteiger partial charge in [-0.15, -0.1) is 0 Å². The van der Waals surface area contributed by atoms with Crippen molar-refractivity contribution in [1.82, 2.24) is 10.3 Å². The molecule has 0 radical (unpaired) electrons. The SMILES string of the molecule is O=C(NCCCC1CCCC1)c1cccnc1. The highest BCUT2D eigenvalue weighted by Gasteiger charge is 2.14. The molecule has 0 spiro atoms. The fourth-order valence-electron chi connectivity index (χ4n) is 2.49. The predicted octanol–water partition coefficient (Wildman–Crippen LogP) is 2.78. The molecule has 1 aromatic heterocycles. The van der Waals surface area contributed by atoms with Gasteiger partial charge in [-0.1, -0.05) is 25.7 Å². The molecule has 1 heterocycles. The standard InChI is InChI=1S/C14H20N2O/c17-14(13-8-4-9-15-11-13)16-10-3-7-12-5-1-2-6-12/h4,8-9,11-12H,1-3,5-7,10H2,(H,16,17). The highest BCUT2D eigenvalue weighted by molar-refractivity contribution is 5.93. The van der Waals surface area contributed by atoms with Crippen molar-refractivity contribution in [3.05, 3.63) is 30.1 Å². The molecule has 1 fully saturated rings. The number of nitrogens with one attached hydrogen (secondary N) is 1. The van der Waals surface area contributed by atoms with Crippen LogP contribution in [0.15, 0.2) is 24.5 Å². The highest BCUT2D eigenvalue weighted by Crippen LogP contribution is 2.28. The molecule has 0 bridgehead atoms. The molecule has 92 valence electrons. The molecule has 2 rings (SSSR count). The second-order valence-corrected chi connectivity index (χ2v) is 4.79. The van der Waals surface area contributed by atoms with E-state index < -0.39 is 0 Å². The van der Waals surface area contributed by atoms with Gasteiger partial charge < -0.3 is 5.32 Å². The summed E-state index contributed by atoms with van der Waals surface area (Å²) in [5, 5.41) is 2.94. The molecule has 0 saturated heterocycles. The minimum Gasteiger partial charge on any atom is -0.352 e. The third-order valence-corrected chi connectivity index (χ3v) is 3.47. The molecule has 1 N–H and O–H groups in total. The molecule has 3 nitrogen and oxygen atoms in total. The van der Waals surface area contributed by atoms with Crippen molar-refractivity contribution in [2.45, 2.75) is 38.5 Å². The number of carbonyl (C=O) groups excluding carboxylic acids is 1. The van der Waals surface area contributed by atoms with Gasteiger partial charge in [0.25, 0.3) is 5.91 Å². The predicted molar refractivity (Wildman–Crippen MR) is 67.8 cm³/mol. The lowest BCUT2D eigenvalue weighted by atomic mass is 10.0. The first kappa shape index (κ1) is 12.1. The van der Waals surface area contributed by atoms with Crippen LogP contribution in [-0.4, -0.2) is 17.4 Å². The number of nitrogens with zero attached hydrogens (tertiary/aromatic N) is 1. The van der Waals surface area contributed by atoms with Gasteiger partial charge in [-0.05, 0) is 30.9 Å². The summed E-state index contributed by atoms with van der Waals surface area (Å²) in [6.45, 7) is 0.782. The van der Waals surface area contributed by atoms with Gasteiger partial charge in [0, 0.05) is 18.9 Å². The average molecular weight is 232 g/mol. The van der Waals surface area contributed by atoms with E-state index >= 15 is 0 Å². The van der Waals surface area contributed by atoms with Crippen molar-refractivity contribution >= 4 is 5.91 Å². The minimum absolute atomic E-state index is 0.00970. The van der Waals surface area contributed by atoms with Crippen LogP contribution in [0.2, 0.25) is 0 Å². The molecule has 0 aromatic carbocycles. The lowest BCUT2D eigenvalue weighted by molar-refractivity contribution is 0.0952. The van der Waals surface area contributed by atoms with Crippen LogP contribution in [0.4, 0.5) is 0 Å². The third-order valence-electron chi connectivity index (χ3n) is 3.47. The summed E-state index contributed by atoms with van der Waals surface area (Å²) in [5.41, 5.74) is 0.647. The topological polar surface area (TPSA) is 42.0 Å². The van der Waals surface area contributed by atoms with Gasteiger partial charge >= 0.3 is 0 Å². The molecule has 3 heteroatoms. The quantitative estimate of drug-likeness (QED) is 0.793. The number of amides is 1. The number of pyridine rings is 1. The fraction of sp³-hybridized carbons (Fsp3) is 0.571. The summed E-state index contributed by atoms with van der Waals surface area (Å²) in [5.74, 6) is 0.898. The molecule has 1 saturated carbocycles. The Morgan fingerprint density at radius 2 is 2.24 bits per heavy atom. The van der Waals surface area contributed by atoms with E-state index in [1.165, 1.54) is 32.1 Å². The van der Waals surface area contributed by atoms with E-state index in [1.807, 2.05) is 0 Å². The Balaban J connectivity index is 1.63. The van der Waals surface area contributed by atoms with Gasteiger partial charge in [-0.2, -0.15) is 0 Å². The number of carbonyl (C=O) groups is 1. The Bertz CT molecular complexity index is 344. The van der Waals surface area contributed by atoms with Gasteiger partial charge in [0.1, 0.15) is 0 Å². The van der Waals surface area contributed by atoms with Gasteiger partial charge in [0.2, 0.25) is 0 Å². The van der Waals surface area contributed by atoms with Crippen LogP contribution in [0.1, 0.15) is 48.9 Å². The van der Waals surface area contributed by atoms with Crippen molar-refractivity contribution in [2.75, 3.05) is 6.54 Å². The molecule has 0 atom stereocenters. The Hall–Kier alpha value is -1.38.